The van der Waals surface area contributed by atoms with Crippen LogP contribution in [0.25, 0.3) is 0 Å². The first-order valence-corrected chi connectivity index (χ1v) is 5.32. The summed E-state index contributed by atoms with van der Waals surface area (Å²) in [5.41, 5.74) is 0. The average molecular weight is 255 g/mol. The second-order valence-electron chi connectivity index (χ2n) is 2.86. The molecule has 78 valence electrons. The fourth-order valence-corrected chi connectivity index (χ4v) is 2.26. The molecule has 0 aliphatic carbocycles. The van der Waals surface area contributed by atoms with Crippen LogP contribution in [0.15, 0.2) is 60.7 Å². The molecule has 2 aromatic rings. The highest BCUT2D eigenvalue weighted by Crippen LogP contribution is 1.84. The molecule has 0 nitrogen and oxygen atoms in total. The maximum atomic E-state index is 2.17. The molecule has 2 radical (unpaired) electrons. The molecular weight excluding hydrogens is 243 g/mol. The quantitative estimate of drug-likeness (QED) is 0.722. The minimum Gasteiger partial charge on any atom is -0.147 e. The molecule has 0 amide bonds. The lowest BCUT2D eigenvalue weighted by molar-refractivity contribution is 1.75. The first-order chi connectivity index (χ1) is 6.45. The van der Waals surface area contributed by atoms with E-state index in [-0.39, 0.29) is 24.8 Å². The normalized spacial score (nSPS) is 8.53. The fourth-order valence-electron chi connectivity index (χ4n) is 1.21. The summed E-state index contributed by atoms with van der Waals surface area (Å²) in [6.07, 6.45) is 0. The highest BCUT2D eigenvalue weighted by atomic mass is 35.5. The van der Waals surface area contributed by atoms with E-state index in [0.717, 1.165) is 9.52 Å². The number of hydrogen-bond donors (Lipinski definition) is 0. The Balaban J connectivity index is 0.000000980. The topological polar surface area (TPSA) is 0 Å². The molecule has 0 bridgehead atoms. The summed E-state index contributed by atoms with van der Waals surface area (Å²) in [5.74, 6) is 0. The summed E-state index contributed by atoms with van der Waals surface area (Å²) >= 11 is 0. The van der Waals surface area contributed by atoms with Crippen LogP contribution in [0, 0.1) is 0 Å². The lowest BCUT2D eigenvalue weighted by atomic mass is 10.4. The average Bonchev–Trinajstić information content (AvgIpc) is 2.21. The van der Waals surface area contributed by atoms with E-state index in [1.165, 1.54) is 10.4 Å². The molecule has 0 aromatic heterocycles. The van der Waals surface area contributed by atoms with Crippen LogP contribution in [0.1, 0.15) is 0 Å². The standard InChI is InChI=1S/C12H10Si.2ClH/c1-3-7-11(8-4-1)13-12-9-5-2-6-10-12;;/h1-10H;2*1H. The third-order valence-electron chi connectivity index (χ3n) is 1.84. The molecule has 3 heteroatoms. The molecular formula is C12H12Cl2Si. The molecule has 0 N–H and O–H groups in total. The molecule has 0 fully saturated rings. The third kappa shape index (κ3) is 4.52. The lowest BCUT2D eigenvalue weighted by Crippen LogP contribution is -2.26. The molecule has 0 saturated heterocycles. The number of rotatable bonds is 2. The monoisotopic (exact) mass is 254 g/mol. The minimum atomic E-state index is 0. The van der Waals surface area contributed by atoms with Crippen molar-refractivity contribution in [2.45, 2.75) is 0 Å². The number of benzene rings is 2. The van der Waals surface area contributed by atoms with Crippen LogP contribution in [0.3, 0.4) is 0 Å². The highest BCUT2D eigenvalue weighted by molar-refractivity contribution is 6.67. The Kier molecular flexibility index (Phi) is 7.14. The molecule has 0 spiro atoms. The zero-order valence-corrected chi connectivity index (χ0v) is 10.7. The van der Waals surface area contributed by atoms with Crippen molar-refractivity contribution in [3.63, 3.8) is 0 Å². The molecule has 0 saturated carbocycles. The van der Waals surface area contributed by atoms with Gasteiger partial charge in [-0.1, -0.05) is 71.0 Å². The Hall–Kier alpha value is -0.763. The Morgan fingerprint density at radius 3 is 1.20 bits per heavy atom. The summed E-state index contributed by atoms with van der Waals surface area (Å²) in [7, 11) is 0.777. The maximum absolute atomic E-state index is 2.17. The SMILES string of the molecule is Cl.Cl.c1ccc([Si]c2ccccc2)cc1. The van der Waals surface area contributed by atoms with Gasteiger partial charge in [-0.25, -0.2) is 0 Å². The van der Waals surface area contributed by atoms with Crippen LogP contribution in [0.5, 0.6) is 0 Å². The van der Waals surface area contributed by atoms with Crippen LogP contribution >= 0.6 is 24.8 Å². The largest absolute Gasteiger partial charge is 0.147 e. The van der Waals surface area contributed by atoms with Gasteiger partial charge in [0, 0.05) is 0 Å². The van der Waals surface area contributed by atoms with E-state index in [1.54, 1.807) is 0 Å². The van der Waals surface area contributed by atoms with Gasteiger partial charge in [-0.05, 0) is 0 Å². The van der Waals surface area contributed by atoms with E-state index in [9.17, 15) is 0 Å². The van der Waals surface area contributed by atoms with Crippen LogP contribution < -0.4 is 10.4 Å². The van der Waals surface area contributed by atoms with Crippen molar-refractivity contribution in [2.24, 2.45) is 0 Å². The number of halogens is 2. The predicted molar refractivity (Wildman–Crippen MR) is 72.4 cm³/mol. The predicted octanol–water partition coefficient (Wildman–Crippen LogP) is 2.19. The smallest absolute Gasteiger partial charge is 0.121 e. The summed E-state index contributed by atoms with van der Waals surface area (Å²) in [5, 5.41) is 2.79. The van der Waals surface area contributed by atoms with Gasteiger partial charge in [-0.2, -0.15) is 0 Å². The van der Waals surface area contributed by atoms with Gasteiger partial charge >= 0.3 is 0 Å². The number of hydrogen-bond acceptors (Lipinski definition) is 0. The van der Waals surface area contributed by atoms with Crippen LogP contribution in [0.4, 0.5) is 0 Å². The van der Waals surface area contributed by atoms with Crippen LogP contribution in [0.2, 0.25) is 0 Å². The summed E-state index contributed by atoms with van der Waals surface area (Å²) in [6, 6.07) is 21.2. The second kappa shape index (κ2) is 7.52. The summed E-state index contributed by atoms with van der Waals surface area (Å²) in [4.78, 5) is 0. The van der Waals surface area contributed by atoms with Gasteiger partial charge in [0.15, 0.2) is 0 Å². The molecule has 15 heavy (non-hydrogen) atoms. The molecule has 0 aliphatic heterocycles. The van der Waals surface area contributed by atoms with Gasteiger partial charge in [-0.15, -0.1) is 24.8 Å². The van der Waals surface area contributed by atoms with Crippen molar-refractivity contribution in [2.75, 3.05) is 0 Å². The molecule has 0 atom stereocenters. The van der Waals surface area contributed by atoms with Gasteiger partial charge in [0.05, 0.1) is 0 Å². The van der Waals surface area contributed by atoms with Crippen molar-refractivity contribution >= 4 is 44.7 Å². The van der Waals surface area contributed by atoms with E-state index in [2.05, 4.69) is 60.7 Å². The van der Waals surface area contributed by atoms with Gasteiger partial charge in [0.1, 0.15) is 9.52 Å². The Morgan fingerprint density at radius 2 is 0.867 bits per heavy atom. The molecule has 2 aromatic carbocycles. The highest BCUT2D eigenvalue weighted by Gasteiger charge is 1.94. The van der Waals surface area contributed by atoms with Crippen molar-refractivity contribution in [1.29, 1.82) is 0 Å². The van der Waals surface area contributed by atoms with Gasteiger partial charge in [0.2, 0.25) is 0 Å². The second-order valence-corrected chi connectivity index (χ2v) is 4.26. The minimum absolute atomic E-state index is 0. The Bertz CT molecular complexity index is 324. The van der Waals surface area contributed by atoms with Gasteiger partial charge in [-0.3, -0.25) is 0 Å². The first-order valence-electron chi connectivity index (χ1n) is 4.32. The van der Waals surface area contributed by atoms with E-state index < -0.39 is 0 Å². The molecule has 2 rings (SSSR count). The van der Waals surface area contributed by atoms with Gasteiger partial charge < -0.3 is 0 Å². The van der Waals surface area contributed by atoms with Crippen LogP contribution in [-0.4, -0.2) is 9.52 Å². The van der Waals surface area contributed by atoms with Gasteiger partial charge in [0.25, 0.3) is 0 Å². The summed E-state index contributed by atoms with van der Waals surface area (Å²) in [6.45, 7) is 0. The molecule has 0 unspecified atom stereocenters. The van der Waals surface area contributed by atoms with Crippen molar-refractivity contribution in [1.82, 2.24) is 0 Å². The summed E-state index contributed by atoms with van der Waals surface area (Å²) < 4.78 is 0. The van der Waals surface area contributed by atoms with Crippen LogP contribution in [-0.2, 0) is 0 Å². The van der Waals surface area contributed by atoms with E-state index in [0.29, 0.717) is 0 Å². The molecule has 0 heterocycles. The van der Waals surface area contributed by atoms with E-state index in [1.807, 2.05) is 0 Å². The van der Waals surface area contributed by atoms with Crippen molar-refractivity contribution in [3.05, 3.63) is 60.7 Å². The van der Waals surface area contributed by atoms with E-state index in [4.69, 9.17) is 0 Å². The first kappa shape index (κ1) is 14.2. The van der Waals surface area contributed by atoms with Crippen molar-refractivity contribution in [3.8, 4) is 0 Å². The fraction of sp³-hybridized carbons (Fsp3) is 0. The zero-order chi connectivity index (χ0) is 8.93. The van der Waals surface area contributed by atoms with Crippen molar-refractivity contribution < 1.29 is 0 Å². The lowest BCUT2D eigenvalue weighted by Gasteiger charge is -1.98. The maximum Gasteiger partial charge on any atom is 0.121 e. The Morgan fingerprint density at radius 1 is 0.533 bits per heavy atom. The molecule has 0 aliphatic rings. The Labute approximate surface area is 105 Å². The zero-order valence-electron chi connectivity index (χ0n) is 8.09. The third-order valence-corrected chi connectivity index (χ3v) is 3.08. The van der Waals surface area contributed by atoms with E-state index >= 15 is 0 Å².